The minimum atomic E-state index is 0.675. The summed E-state index contributed by atoms with van der Waals surface area (Å²) in [6.45, 7) is 0. The van der Waals surface area contributed by atoms with Crippen molar-refractivity contribution in [2.75, 3.05) is 0 Å². The van der Waals surface area contributed by atoms with Crippen molar-refractivity contribution >= 4 is 55.5 Å². The van der Waals surface area contributed by atoms with Gasteiger partial charge in [0.15, 0.2) is 0 Å². The van der Waals surface area contributed by atoms with E-state index in [9.17, 15) is 0 Å². The second-order valence-corrected chi connectivity index (χ2v) is 7.17. The van der Waals surface area contributed by atoms with Crippen LogP contribution in [0.3, 0.4) is 0 Å². The van der Waals surface area contributed by atoms with Crippen molar-refractivity contribution in [2.45, 2.75) is 0 Å². The van der Waals surface area contributed by atoms with Gasteiger partial charge in [-0.3, -0.25) is 0 Å². The number of hydrogen-bond acceptors (Lipinski definition) is 2. The third-order valence-corrected chi connectivity index (χ3v) is 5.38. The van der Waals surface area contributed by atoms with E-state index >= 15 is 0 Å². The normalized spacial score (nSPS) is 11.9. The van der Waals surface area contributed by atoms with Crippen molar-refractivity contribution in [1.82, 2.24) is 0 Å². The molecule has 6 rings (SSSR count). The maximum Gasteiger partial charge on any atom is 0.143 e. The number of para-hydroxylation sites is 2. The minimum absolute atomic E-state index is 0.675. The zero-order chi connectivity index (χ0) is 18.0. The van der Waals surface area contributed by atoms with E-state index in [-0.39, 0.29) is 0 Å². The van der Waals surface area contributed by atoms with Crippen LogP contribution in [0.5, 0.6) is 0 Å². The molecule has 4 aromatic carbocycles. The van der Waals surface area contributed by atoms with Gasteiger partial charge in [-0.25, -0.2) is 0 Å². The van der Waals surface area contributed by atoms with Gasteiger partial charge in [0.25, 0.3) is 0 Å². The highest BCUT2D eigenvalue weighted by molar-refractivity contribution is 6.31. The summed E-state index contributed by atoms with van der Waals surface area (Å²) in [6, 6.07) is 26.5. The van der Waals surface area contributed by atoms with Gasteiger partial charge in [0.05, 0.1) is 0 Å². The first kappa shape index (κ1) is 14.9. The summed E-state index contributed by atoms with van der Waals surface area (Å²) in [5.41, 5.74) is 5.65. The molecule has 0 spiro atoms. The largest absolute Gasteiger partial charge is 0.456 e. The van der Waals surface area contributed by atoms with E-state index in [0.29, 0.717) is 5.02 Å². The first-order chi connectivity index (χ1) is 13.3. The van der Waals surface area contributed by atoms with E-state index in [1.54, 1.807) is 0 Å². The van der Waals surface area contributed by atoms with Gasteiger partial charge in [0.1, 0.15) is 22.3 Å². The zero-order valence-corrected chi connectivity index (χ0v) is 15.0. The summed E-state index contributed by atoms with van der Waals surface area (Å²) in [5.74, 6) is 0. The van der Waals surface area contributed by atoms with Gasteiger partial charge in [-0.05, 0) is 35.9 Å². The maximum absolute atomic E-state index is 6.19. The van der Waals surface area contributed by atoms with E-state index in [1.165, 1.54) is 0 Å². The molecular formula is C24H13ClO2. The number of benzene rings is 4. The van der Waals surface area contributed by atoms with Gasteiger partial charge in [-0.15, -0.1) is 0 Å². The number of rotatable bonds is 1. The molecule has 0 bridgehead atoms. The van der Waals surface area contributed by atoms with Crippen LogP contribution in [0.1, 0.15) is 0 Å². The Labute approximate surface area is 159 Å². The van der Waals surface area contributed by atoms with Crippen LogP contribution in [0.15, 0.2) is 87.7 Å². The number of furan rings is 2. The average molecular weight is 369 g/mol. The minimum Gasteiger partial charge on any atom is -0.456 e. The topological polar surface area (TPSA) is 26.3 Å². The Bertz CT molecular complexity index is 1490. The third-order valence-electron chi connectivity index (χ3n) is 5.15. The Balaban J connectivity index is 1.66. The van der Waals surface area contributed by atoms with Crippen LogP contribution in [-0.4, -0.2) is 0 Å². The van der Waals surface area contributed by atoms with E-state index in [4.69, 9.17) is 20.4 Å². The van der Waals surface area contributed by atoms with Crippen molar-refractivity contribution in [3.63, 3.8) is 0 Å². The Morgan fingerprint density at radius 2 is 1.37 bits per heavy atom. The fraction of sp³-hybridized carbons (Fsp3) is 0. The van der Waals surface area contributed by atoms with E-state index in [1.807, 2.05) is 42.5 Å². The third kappa shape index (κ3) is 2.14. The quantitative estimate of drug-likeness (QED) is 0.296. The molecule has 6 aromatic rings. The Morgan fingerprint density at radius 3 is 2.33 bits per heavy atom. The van der Waals surface area contributed by atoms with Crippen LogP contribution in [0.2, 0.25) is 5.02 Å². The molecule has 2 heterocycles. The van der Waals surface area contributed by atoms with E-state index in [2.05, 4.69) is 36.4 Å². The molecule has 2 aromatic heterocycles. The van der Waals surface area contributed by atoms with Gasteiger partial charge in [-0.2, -0.15) is 0 Å². The second kappa shape index (κ2) is 5.38. The molecule has 128 valence electrons. The number of hydrogen-bond donors (Lipinski definition) is 0. The van der Waals surface area contributed by atoms with Crippen LogP contribution < -0.4 is 0 Å². The van der Waals surface area contributed by atoms with Crippen LogP contribution >= 0.6 is 11.6 Å². The van der Waals surface area contributed by atoms with Gasteiger partial charge < -0.3 is 8.83 Å². The Hall–Kier alpha value is -3.23. The molecule has 0 fully saturated rings. The number of halogens is 1. The Kier molecular flexibility index (Phi) is 2.97. The molecule has 0 N–H and O–H groups in total. The zero-order valence-electron chi connectivity index (χ0n) is 14.2. The maximum atomic E-state index is 6.19. The molecular weight excluding hydrogens is 356 g/mol. The smallest absolute Gasteiger partial charge is 0.143 e. The van der Waals surface area contributed by atoms with Gasteiger partial charge >= 0.3 is 0 Å². The fourth-order valence-electron chi connectivity index (χ4n) is 3.89. The van der Waals surface area contributed by atoms with Crippen molar-refractivity contribution in [3.05, 3.63) is 83.9 Å². The molecule has 2 nitrogen and oxygen atoms in total. The molecule has 3 heteroatoms. The van der Waals surface area contributed by atoms with Crippen molar-refractivity contribution < 1.29 is 8.83 Å². The highest BCUT2D eigenvalue weighted by Gasteiger charge is 2.14. The summed E-state index contributed by atoms with van der Waals surface area (Å²) < 4.78 is 12.1. The van der Waals surface area contributed by atoms with Crippen LogP contribution in [0, 0.1) is 0 Å². The first-order valence-corrected chi connectivity index (χ1v) is 9.18. The molecule has 0 unspecified atom stereocenters. The van der Waals surface area contributed by atoms with Gasteiger partial charge in [0, 0.05) is 38.2 Å². The standard InChI is InChI=1S/C24H13ClO2/c25-15-9-10-18-20-12-14(8-11-22(20)26-23(18)13-15)16-5-3-6-19-17-4-1-2-7-21(17)27-24(16)19/h1-13H. The number of fused-ring (bicyclic) bond motifs is 6. The van der Waals surface area contributed by atoms with Crippen molar-refractivity contribution in [1.29, 1.82) is 0 Å². The highest BCUT2D eigenvalue weighted by atomic mass is 35.5. The fourth-order valence-corrected chi connectivity index (χ4v) is 4.06. The lowest BCUT2D eigenvalue weighted by molar-refractivity contribution is 0.668. The van der Waals surface area contributed by atoms with Gasteiger partial charge in [-0.1, -0.05) is 54.1 Å². The molecule has 0 saturated heterocycles. The highest BCUT2D eigenvalue weighted by Crippen LogP contribution is 2.38. The van der Waals surface area contributed by atoms with Gasteiger partial charge in [0.2, 0.25) is 0 Å². The lowest BCUT2D eigenvalue weighted by Gasteiger charge is -2.03. The summed E-state index contributed by atoms with van der Waals surface area (Å²) in [5, 5.41) is 5.08. The van der Waals surface area contributed by atoms with Crippen LogP contribution in [-0.2, 0) is 0 Å². The van der Waals surface area contributed by atoms with Crippen molar-refractivity contribution in [3.8, 4) is 11.1 Å². The Morgan fingerprint density at radius 1 is 0.556 bits per heavy atom. The van der Waals surface area contributed by atoms with E-state index < -0.39 is 0 Å². The summed E-state index contributed by atoms with van der Waals surface area (Å²) in [4.78, 5) is 0. The summed E-state index contributed by atoms with van der Waals surface area (Å²) in [6.07, 6.45) is 0. The summed E-state index contributed by atoms with van der Waals surface area (Å²) in [7, 11) is 0. The lowest BCUT2D eigenvalue weighted by Crippen LogP contribution is -1.79. The molecule has 0 aliphatic rings. The molecule has 27 heavy (non-hydrogen) atoms. The van der Waals surface area contributed by atoms with Crippen LogP contribution in [0.25, 0.3) is 55.0 Å². The molecule has 0 aliphatic carbocycles. The molecule has 0 amide bonds. The molecule has 0 radical (unpaired) electrons. The molecule has 0 saturated carbocycles. The average Bonchev–Trinajstić information content (AvgIpc) is 3.24. The predicted octanol–water partition coefficient (Wildman–Crippen LogP) is 7.81. The van der Waals surface area contributed by atoms with Crippen LogP contribution in [0.4, 0.5) is 0 Å². The molecule has 0 aliphatic heterocycles. The van der Waals surface area contributed by atoms with E-state index in [0.717, 1.165) is 55.0 Å². The molecule has 0 atom stereocenters. The second-order valence-electron chi connectivity index (χ2n) is 6.73. The first-order valence-electron chi connectivity index (χ1n) is 8.80. The summed E-state index contributed by atoms with van der Waals surface area (Å²) >= 11 is 6.11. The predicted molar refractivity (Wildman–Crippen MR) is 111 cm³/mol. The SMILES string of the molecule is Clc1ccc2c(c1)oc1ccc(-c3cccc4c3oc3ccccc34)cc12. The lowest BCUT2D eigenvalue weighted by atomic mass is 10.0. The van der Waals surface area contributed by atoms with Crippen molar-refractivity contribution in [2.24, 2.45) is 0 Å². The monoisotopic (exact) mass is 368 g/mol.